The minimum atomic E-state index is 0.738. The fraction of sp³-hybridized carbons (Fsp3) is 0.0952. The molecule has 0 spiro atoms. The van der Waals surface area contributed by atoms with Gasteiger partial charge in [0.1, 0.15) is 5.75 Å². The number of ether oxygens (including phenoxy) is 1. The molecule has 0 bridgehead atoms. The molecule has 5 nitrogen and oxygen atoms in total. The van der Waals surface area contributed by atoms with Gasteiger partial charge in [0, 0.05) is 11.3 Å². The molecule has 0 aliphatic heterocycles. The Kier molecular flexibility index (Phi) is 5.16. The van der Waals surface area contributed by atoms with E-state index in [1.165, 1.54) is 5.56 Å². The second kappa shape index (κ2) is 8.05. The number of benzene rings is 2. The molecule has 134 valence electrons. The Morgan fingerprint density at radius 1 is 0.963 bits per heavy atom. The van der Waals surface area contributed by atoms with E-state index in [2.05, 4.69) is 34.5 Å². The van der Waals surface area contributed by atoms with Gasteiger partial charge in [0.15, 0.2) is 5.65 Å². The van der Waals surface area contributed by atoms with Crippen molar-refractivity contribution >= 4 is 23.5 Å². The monoisotopic (exact) mass is 374 g/mol. The average Bonchev–Trinajstić information content (AvgIpc) is 3.14. The zero-order valence-corrected chi connectivity index (χ0v) is 15.6. The summed E-state index contributed by atoms with van der Waals surface area (Å²) in [5.74, 6) is 1.62. The van der Waals surface area contributed by atoms with Crippen molar-refractivity contribution in [2.75, 3.05) is 12.9 Å². The molecule has 0 N–H and O–H groups in total. The first-order valence-corrected chi connectivity index (χ1v) is 9.53. The van der Waals surface area contributed by atoms with Crippen LogP contribution in [0.25, 0.3) is 23.0 Å². The van der Waals surface area contributed by atoms with E-state index in [1.807, 2.05) is 54.6 Å². The molecule has 27 heavy (non-hydrogen) atoms. The van der Waals surface area contributed by atoms with Gasteiger partial charge in [-0.25, -0.2) is 0 Å². The van der Waals surface area contributed by atoms with Crippen LogP contribution in [0.2, 0.25) is 0 Å². The van der Waals surface area contributed by atoms with Crippen LogP contribution in [0.3, 0.4) is 0 Å². The molecule has 2 aromatic heterocycles. The van der Waals surface area contributed by atoms with Crippen molar-refractivity contribution < 1.29 is 4.74 Å². The minimum absolute atomic E-state index is 0.738. The van der Waals surface area contributed by atoms with Gasteiger partial charge in [-0.2, -0.15) is 9.61 Å². The third kappa shape index (κ3) is 4.01. The Morgan fingerprint density at radius 3 is 2.56 bits per heavy atom. The summed E-state index contributed by atoms with van der Waals surface area (Å²) in [4.78, 5) is 0. The van der Waals surface area contributed by atoms with E-state index in [0.29, 0.717) is 0 Å². The van der Waals surface area contributed by atoms with E-state index < -0.39 is 0 Å². The van der Waals surface area contributed by atoms with Crippen molar-refractivity contribution in [1.29, 1.82) is 0 Å². The Morgan fingerprint density at radius 2 is 1.78 bits per heavy atom. The molecule has 0 fully saturated rings. The lowest BCUT2D eigenvalue weighted by molar-refractivity contribution is 0.415. The highest BCUT2D eigenvalue weighted by molar-refractivity contribution is 7.99. The molecule has 0 unspecified atom stereocenters. The van der Waals surface area contributed by atoms with Gasteiger partial charge in [-0.1, -0.05) is 54.2 Å². The van der Waals surface area contributed by atoms with E-state index in [0.717, 1.165) is 33.6 Å². The van der Waals surface area contributed by atoms with Gasteiger partial charge < -0.3 is 4.74 Å². The maximum absolute atomic E-state index is 5.21. The SMILES string of the molecule is COc1ccc(-c2ccc3nnc(SC/C=C/c4ccccc4)n3n2)cc1. The molecular weight excluding hydrogens is 356 g/mol. The van der Waals surface area contributed by atoms with Crippen molar-refractivity contribution in [3.05, 3.63) is 78.4 Å². The number of thioether (sulfide) groups is 1. The van der Waals surface area contributed by atoms with Crippen LogP contribution in [-0.4, -0.2) is 32.7 Å². The van der Waals surface area contributed by atoms with Crippen molar-refractivity contribution in [2.45, 2.75) is 5.16 Å². The van der Waals surface area contributed by atoms with Crippen LogP contribution in [0.4, 0.5) is 0 Å². The first-order chi connectivity index (χ1) is 13.3. The standard InChI is InChI=1S/C21H18N4OS/c1-26-18-11-9-17(10-12-18)19-13-14-20-22-23-21(25(20)24-19)27-15-5-8-16-6-3-2-4-7-16/h2-14H,15H2,1H3/b8-5+. The molecule has 2 aromatic carbocycles. The Labute approximate surface area is 161 Å². The normalized spacial score (nSPS) is 11.3. The lowest BCUT2D eigenvalue weighted by atomic mass is 10.1. The minimum Gasteiger partial charge on any atom is -0.497 e. The zero-order valence-electron chi connectivity index (χ0n) is 14.8. The highest BCUT2D eigenvalue weighted by atomic mass is 32.2. The van der Waals surface area contributed by atoms with Gasteiger partial charge in [0.2, 0.25) is 5.16 Å². The highest BCUT2D eigenvalue weighted by Gasteiger charge is 2.09. The Hall–Kier alpha value is -3.12. The molecule has 2 heterocycles. The fourth-order valence-electron chi connectivity index (χ4n) is 2.65. The lowest BCUT2D eigenvalue weighted by Gasteiger charge is -2.04. The molecule has 0 saturated carbocycles. The molecule has 6 heteroatoms. The van der Waals surface area contributed by atoms with Gasteiger partial charge >= 0.3 is 0 Å². The summed E-state index contributed by atoms with van der Waals surface area (Å²) in [5.41, 5.74) is 3.81. The van der Waals surface area contributed by atoms with E-state index >= 15 is 0 Å². The van der Waals surface area contributed by atoms with E-state index in [1.54, 1.807) is 23.4 Å². The predicted octanol–water partition coefficient (Wildman–Crippen LogP) is 4.61. The second-order valence-electron chi connectivity index (χ2n) is 5.82. The molecular formula is C21H18N4OS. The van der Waals surface area contributed by atoms with Crippen LogP contribution in [0, 0.1) is 0 Å². The van der Waals surface area contributed by atoms with Crippen LogP contribution in [0.5, 0.6) is 5.75 Å². The third-order valence-corrected chi connectivity index (χ3v) is 4.91. The number of rotatable bonds is 6. The number of methoxy groups -OCH3 is 1. The summed E-state index contributed by atoms with van der Waals surface area (Å²) in [6.45, 7) is 0. The van der Waals surface area contributed by atoms with Crippen molar-refractivity contribution in [1.82, 2.24) is 19.8 Å². The van der Waals surface area contributed by atoms with Crippen molar-refractivity contribution in [3.8, 4) is 17.0 Å². The van der Waals surface area contributed by atoms with E-state index in [4.69, 9.17) is 9.84 Å². The molecule has 0 aliphatic rings. The van der Waals surface area contributed by atoms with Crippen LogP contribution < -0.4 is 4.74 Å². The largest absolute Gasteiger partial charge is 0.497 e. The topological polar surface area (TPSA) is 52.3 Å². The first kappa shape index (κ1) is 17.3. The lowest BCUT2D eigenvalue weighted by Crippen LogP contribution is -1.96. The number of hydrogen-bond donors (Lipinski definition) is 0. The maximum Gasteiger partial charge on any atom is 0.212 e. The Bertz CT molecular complexity index is 1060. The molecule has 4 rings (SSSR count). The summed E-state index contributed by atoms with van der Waals surface area (Å²) in [5, 5.41) is 13.9. The van der Waals surface area contributed by atoms with Crippen LogP contribution >= 0.6 is 11.8 Å². The summed E-state index contributed by atoms with van der Waals surface area (Å²) < 4.78 is 7.01. The van der Waals surface area contributed by atoms with E-state index in [9.17, 15) is 0 Å². The van der Waals surface area contributed by atoms with Gasteiger partial charge in [0.05, 0.1) is 12.8 Å². The quantitative estimate of drug-likeness (QED) is 0.462. The zero-order chi connectivity index (χ0) is 18.5. The molecule has 4 aromatic rings. The smallest absolute Gasteiger partial charge is 0.212 e. The number of aromatic nitrogens is 4. The first-order valence-electron chi connectivity index (χ1n) is 8.55. The van der Waals surface area contributed by atoms with Crippen LogP contribution in [0.1, 0.15) is 5.56 Å². The van der Waals surface area contributed by atoms with Crippen molar-refractivity contribution in [2.24, 2.45) is 0 Å². The van der Waals surface area contributed by atoms with Crippen LogP contribution in [0.15, 0.2) is 78.0 Å². The average molecular weight is 374 g/mol. The number of fused-ring (bicyclic) bond motifs is 1. The molecule has 0 radical (unpaired) electrons. The molecule has 0 amide bonds. The highest BCUT2D eigenvalue weighted by Crippen LogP contribution is 2.23. The summed E-state index contributed by atoms with van der Waals surface area (Å²) in [7, 11) is 1.66. The predicted molar refractivity (Wildman–Crippen MR) is 109 cm³/mol. The molecule has 0 aliphatic carbocycles. The number of nitrogens with zero attached hydrogens (tertiary/aromatic N) is 4. The summed E-state index contributed by atoms with van der Waals surface area (Å²) in [6.07, 6.45) is 4.22. The van der Waals surface area contributed by atoms with Crippen LogP contribution in [-0.2, 0) is 0 Å². The van der Waals surface area contributed by atoms with Gasteiger partial charge in [-0.15, -0.1) is 10.2 Å². The summed E-state index contributed by atoms with van der Waals surface area (Å²) in [6, 6.07) is 22.0. The van der Waals surface area contributed by atoms with Crippen molar-refractivity contribution in [3.63, 3.8) is 0 Å². The van der Waals surface area contributed by atoms with Gasteiger partial charge in [0.25, 0.3) is 0 Å². The third-order valence-electron chi connectivity index (χ3n) is 4.04. The van der Waals surface area contributed by atoms with E-state index in [-0.39, 0.29) is 0 Å². The Balaban J connectivity index is 1.52. The van der Waals surface area contributed by atoms with Gasteiger partial charge in [-0.05, 0) is 42.0 Å². The van der Waals surface area contributed by atoms with Gasteiger partial charge in [-0.3, -0.25) is 0 Å². The molecule has 0 saturated heterocycles. The number of hydrogen-bond acceptors (Lipinski definition) is 5. The molecule has 0 atom stereocenters. The second-order valence-corrected chi connectivity index (χ2v) is 6.81. The summed E-state index contributed by atoms with van der Waals surface area (Å²) >= 11 is 1.61. The fourth-order valence-corrected chi connectivity index (χ4v) is 3.34. The maximum atomic E-state index is 5.21.